The molecular formula is C15H25N3. The Bertz CT molecular complexity index is 357. The van der Waals surface area contributed by atoms with E-state index in [0.717, 1.165) is 25.0 Å². The van der Waals surface area contributed by atoms with Crippen molar-refractivity contribution >= 4 is 5.69 Å². The second-order valence-electron chi connectivity index (χ2n) is 5.25. The molecule has 3 heteroatoms. The van der Waals surface area contributed by atoms with Gasteiger partial charge in [0.15, 0.2) is 0 Å². The van der Waals surface area contributed by atoms with Crippen LogP contribution in [0.3, 0.4) is 0 Å². The summed E-state index contributed by atoms with van der Waals surface area (Å²) >= 11 is 0. The highest BCUT2D eigenvalue weighted by Crippen LogP contribution is 2.21. The lowest BCUT2D eigenvalue weighted by Crippen LogP contribution is -2.18. The monoisotopic (exact) mass is 247 g/mol. The molecule has 2 N–H and O–H groups in total. The van der Waals surface area contributed by atoms with Crippen molar-refractivity contribution in [2.45, 2.75) is 52.1 Å². The zero-order valence-corrected chi connectivity index (χ0v) is 11.6. The quantitative estimate of drug-likeness (QED) is 0.741. The average molecular weight is 247 g/mol. The number of nitrogens with one attached hydrogen (secondary N) is 2. The third-order valence-electron chi connectivity index (χ3n) is 3.81. The van der Waals surface area contributed by atoms with Gasteiger partial charge in [-0.2, -0.15) is 0 Å². The molecule has 2 rings (SSSR count). The molecule has 0 amide bonds. The predicted octanol–water partition coefficient (Wildman–Crippen LogP) is 3.18. The number of rotatable bonds is 8. The molecule has 0 aliphatic heterocycles. The van der Waals surface area contributed by atoms with Crippen molar-refractivity contribution in [2.75, 3.05) is 11.9 Å². The maximum atomic E-state index is 4.23. The van der Waals surface area contributed by atoms with E-state index in [9.17, 15) is 0 Å². The van der Waals surface area contributed by atoms with Gasteiger partial charge in [0.25, 0.3) is 0 Å². The van der Waals surface area contributed by atoms with Gasteiger partial charge >= 0.3 is 0 Å². The highest BCUT2D eigenvalue weighted by molar-refractivity contribution is 5.48. The maximum Gasteiger partial charge on any atom is 0.0572 e. The summed E-state index contributed by atoms with van der Waals surface area (Å²) in [6.45, 7) is 6.52. The minimum atomic E-state index is 0.755. The molecule has 18 heavy (non-hydrogen) atoms. The molecule has 1 aromatic heterocycles. The number of anilines is 1. The third-order valence-corrected chi connectivity index (χ3v) is 3.81. The van der Waals surface area contributed by atoms with Gasteiger partial charge in [-0.25, -0.2) is 0 Å². The normalized spacial score (nSPS) is 15.1. The topological polar surface area (TPSA) is 37.0 Å². The Kier molecular flexibility index (Phi) is 5.00. The van der Waals surface area contributed by atoms with Gasteiger partial charge in [0, 0.05) is 25.3 Å². The molecule has 1 saturated carbocycles. The fourth-order valence-corrected chi connectivity index (χ4v) is 2.11. The summed E-state index contributed by atoms with van der Waals surface area (Å²) in [5.41, 5.74) is 2.53. The lowest BCUT2D eigenvalue weighted by molar-refractivity contribution is 0.518. The summed E-state index contributed by atoms with van der Waals surface area (Å²) in [5.74, 6) is 0.759. The van der Waals surface area contributed by atoms with Crippen LogP contribution in [0.5, 0.6) is 0 Å². The van der Waals surface area contributed by atoms with Crippen molar-refractivity contribution in [3.05, 3.63) is 24.0 Å². The van der Waals surface area contributed by atoms with Crippen LogP contribution in [0.15, 0.2) is 18.5 Å². The smallest absolute Gasteiger partial charge is 0.0572 e. The molecule has 0 spiro atoms. The van der Waals surface area contributed by atoms with Crippen LogP contribution < -0.4 is 10.6 Å². The predicted molar refractivity (Wildman–Crippen MR) is 76.7 cm³/mol. The van der Waals surface area contributed by atoms with Crippen molar-refractivity contribution in [1.82, 2.24) is 10.3 Å². The van der Waals surface area contributed by atoms with Gasteiger partial charge in [-0.1, -0.05) is 26.7 Å². The minimum Gasteiger partial charge on any atom is -0.383 e. The van der Waals surface area contributed by atoms with E-state index in [1.165, 1.54) is 36.9 Å². The molecule has 0 radical (unpaired) electrons. The zero-order valence-electron chi connectivity index (χ0n) is 11.6. The number of pyridine rings is 1. The molecule has 0 saturated heterocycles. The lowest BCUT2D eigenvalue weighted by Gasteiger charge is -2.16. The van der Waals surface area contributed by atoms with Crippen LogP contribution in [0, 0.1) is 5.92 Å². The van der Waals surface area contributed by atoms with Crippen LogP contribution in [0.4, 0.5) is 5.69 Å². The van der Waals surface area contributed by atoms with Crippen molar-refractivity contribution < 1.29 is 0 Å². The van der Waals surface area contributed by atoms with Gasteiger partial charge in [0.05, 0.1) is 11.9 Å². The lowest BCUT2D eigenvalue weighted by atomic mass is 10.0. The molecule has 1 heterocycles. The SMILES string of the molecule is CCC(CC)CNc1cnccc1CNC1CC1. The van der Waals surface area contributed by atoms with Crippen molar-refractivity contribution in [2.24, 2.45) is 5.92 Å². The van der Waals surface area contributed by atoms with E-state index in [0.29, 0.717) is 0 Å². The van der Waals surface area contributed by atoms with E-state index >= 15 is 0 Å². The number of nitrogens with zero attached hydrogens (tertiary/aromatic N) is 1. The zero-order chi connectivity index (χ0) is 12.8. The first-order valence-corrected chi connectivity index (χ1v) is 7.23. The van der Waals surface area contributed by atoms with Gasteiger partial charge in [0.1, 0.15) is 0 Å². The molecule has 1 aromatic rings. The molecule has 1 aliphatic rings. The molecule has 100 valence electrons. The summed E-state index contributed by atoms with van der Waals surface area (Å²) in [4.78, 5) is 4.23. The highest BCUT2D eigenvalue weighted by atomic mass is 15.0. The second kappa shape index (κ2) is 6.74. The Morgan fingerprint density at radius 2 is 2.11 bits per heavy atom. The number of aromatic nitrogens is 1. The Labute approximate surface area is 110 Å². The average Bonchev–Trinajstić information content (AvgIpc) is 3.23. The van der Waals surface area contributed by atoms with Crippen molar-refractivity contribution in [3.8, 4) is 0 Å². The van der Waals surface area contributed by atoms with Crippen LogP contribution in [0.2, 0.25) is 0 Å². The second-order valence-corrected chi connectivity index (χ2v) is 5.25. The van der Waals surface area contributed by atoms with Gasteiger partial charge < -0.3 is 10.6 Å². The first-order valence-electron chi connectivity index (χ1n) is 7.23. The fraction of sp³-hybridized carbons (Fsp3) is 0.667. The van der Waals surface area contributed by atoms with Crippen LogP contribution in [0.1, 0.15) is 45.1 Å². The molecule has 0 bridgehead atoms. The first-order chi connectivity index (χ1) is 8.83. The van der Waals surface area contributed by atoms with E-state index in [2.05, 4.69) is 35.5 Å². The van der Waals surface area contributed by atoms with E-state index in [1.54, 1.807) is 0 Å². The molecule has 1 fully saturated rings. The summed E-state index contributed by atoms with van der Waals surface area (Å²) in [7, 11) is 0. The minimum absolute atomic E-state index is 0.755. The van der Waals surface area contributed by atoms with Gasteiger partial charge in [-0.05, 0) is 30.4 Å². The molecule has 0 atom stereocenters. The van der Waals surface area contributed by atoms with Gasteiger partial charge in [-0.15, -0.1) is 0 Å². The summed E-state index contributed by atoms with van der Waals surface area (Å²) < 4.78 is 0. The van der Waals surface area contributed by atoms with Gasteiger partial charge in [0.2, 0.25) is 0 Å². The van der Waals surface area contributed by atoms with Crippen LogP contribution in [0.25, 0.3) is 0 Å². The molecule has 1 aliphatic carbocycles. The Morgan fingerprint density at radius 3 is 2.78 bits per heavy atom. The summed E-state index contributed by atoms with van der Waals surface area (Å²) in [6, 6.07) is 2.87. The van der Waals surface area contributed by atoms with Crippen LogP contribution >= 0.6 is 0 Å². The molecular weight excluding hydrogens is 222 g/mol. The van der Waals surface area contributed by atoms with Gasteiger partial charge in [-0.3, -0.25) is 4.98 Å². The number of hydrogen-bond donors (Lipinski definition) is 2. The van der Waals surface area contributed by atoms with E-state index in [4.69, 9.17) is 0 Å². The van der Waals surface area contributed by atoms with E-state index < -0.39 is 0 Å². The Morgan fingerprint density at radius 1 is 1.33 bits per heavy atom. The Balaban J connectivity index is 1.88. The first kappa shape index (κ1) is 13.3. The Hall–Kier alpha value is -1.09. The molecule has 0 aromatic carbocycles. The van der Waals surface area contributed by atoms with E-state index in [-0.39, 0.29) is 0 Å². The standard InChI is InChI=1S/C15H25N3/c1-3-12(4-2)9-18-15-11-16-8-7-13(15)10-17-14-5-6-14/h7-8,11-12,14,17-18H,3-6,9-10H2,1-2H3. The number of hydrogen-bond acceptors (Lipinski definition) is 3. The summed E-state index contributed by atoms with van der Waals surface area (Å²) in [6.07, 6.45) is 8.97. The fourth-order valence-electron chi connectivity index (χ4n) is 2.11. The van der Waals surface area contributed by atoms with E-state index in [1.807, 2.05) is 12.4 Å². The maximum absolute atomic E-state index is 4.23. The third kappa shape index (κ3) is 3.98. The highest BCUT2D eigenvalue weighted by Gasteiger charge is 2.20. The van der Waals surface area contributed by atoms with Crippen molar-refractivity contribution in [3.63, 3.8) is 0 Å². The van der Waals surface area contributed by atoms with Crippen molar-refractivity contribution in [1.29, 1.82) is 0 Å². The van der Waals surface area contributed by atoms with Crippen LogP contribution in [-0.2, 0) is 6.54 Å². The summed E-state index contributed by atoms with van der Waals surface area (Å²) in [5, 5.41) is 7.12. The van der Waals surface area contributed by atoms with Crippen LogP contribution in [-0.4, -0.2) is 17.6 Å². The largest absolute Gasteiger partial charge is 0.383 e. The molecule has 3 nitrogen and oxygen atoms in total. The molecule has 0 unspecified atom stereocenters.